The maximum absolute atomic E-state index is 10.6. The minimum absolute atomic E-state index is 0.0688. The summed E-state index contributed by atoms with van der Waals surface area (Å²) in [6.07, 6.45) is 0. The molecule has 0 radical (unpaired) electrons. The number of aromatic hydroxyl groups is 2. The van der Waals surface area contributed by atoms with Crippen LogP contribution in [0.2, 0.25) is 10.0 Å². The third-order valence-electron chi connectivity index (χ3n) is 5.07. The fourth-order valence-electron chi connectivity index (χ4n) is 3.84. The van der Waals surface area contributed by atoms with Crippen LogP contribution >= 0.6 is 23.2 Å². The Morgan fingerprint density at radius 2 is 1.64 bits per heavy atom. The first-order chi connectivity index (χ1) is 11.8. The molecule has 0 saturated carbocycles. The van der Waals surface area contributed by atoms with Crippen molar-refractivity contribution in [3.63, 3.8) is 0 Å². The lowest BCUT2D eigenvalue weighted by molar-refractivity contribution is 0.372. The summed E-state index contributed by atoms with van der Waals surface area (Å²) in [5.74, 6) is 0.607. The number of halogens is 2. The Bertz CT molecular complexity index is 1050. The summed E-state index contributed by atoms with van der Waals surface area (Å²) in [6.45, 7) is 4.15. The molecule has 4 rings (SSSR count). The third kappa shape index (κ3) is 2.12. The number of phenolic OH excluding ortho intramolecular Hbond substituents is 2. The molecule has 0 spiro atoms. The molecule has 25 heavy (non-hydrogen) atoms. The number of hydrogen-bond acceptors (Lipinski definition) is 3. The summed E-state index contributed by atoms with van der Waals surface area (Å²) >= 11 is 12.6. The van der Waals surface area contributed by atoms with Crippen LogP contribution in [0.3, 0.4) is 0 Å². The largest absolute Gasteiger partial charge is 0.507 e. The molecule has 5 heteroatoms. The van der Waals surface area contributed by atoms with E-state index >= 15 is 0 Å². The highest BCUT2D eigenvalue weighted by Crippen LogP contribution is 2.56. The average molecular weight is 375 g/mol. The number of phenols is 2. The minimum atomic E-state index is -0.369. The molecule has 2 N–H and O–H groups in total. The van der Waals surface area contributed by atoms with Gasteiger partial charge in [-0.2, -0.15) is 0 Å². The van der Waals surface area contributed by atoms with E-state index in [1.165, 1.54) is 7.11 Å². The molecule has 0 heterocycles. The van der Waals surface area contributed by atoms with E-state index in [4.69, 9.17) is 27.9 Å². The fourth-order valence-corrected chi connectivity index (χ4v) is 4.43. The van der Waals surface area contributed by atoms with Crippen LogP contribution in [0.4, 0.5) is 0 Å². The highest BCUT2D eigenvalue weighted by atomic mass is 35.5. The first kappa shape index (κ1) is 16.4. The van der Waals surface area contributed by atoms with E-state index in [9.17, 15) is 10.2 Å². The van der Waals surface area contributed by atoms with Gasteiger partial charge in [-0.3, -0.25) is 0 Å². The van der Waals surface area contributed by atoms with E-state index in [0.717, 1.165) is 27.6 Å². The maximum Gasteiger partial charge on any atom is 0.160 e. The number of rotatable bonds is 1. The molecular weight excluding hydrogens is 359 g/mol. The molecule has 0 saturated heterocycles. The van der Waals surface area contributed by atoms with Crippen molar-refractivity contribution in [2.45, 2.75) is 19.3 Å². The van der Waals surface area contributed by atoms with E-state index < -0.39 is 0 Å². The van der Waals surface area contributed by atoms with Crippen molar-refractivity contribution in [1.82, 2.24) is 0 Å². The van der Waals surface area contributed by atoms with Crippen molar-refractivity contribution in [1.29, 1.82) is 0 Å². The molecule has 1 aliphatic rings. The SMILES string of the molecule is COc1cc2c(cc1O)-c1c(cc(O)c3c(Cl)cc(Cl)cc13)C2(C)C. The van der Waals surface area contributed by atoms with Crippen molar-refractivity contribution in [2.75, 3.05) is 7.11 Å². The van der Waals surface area contributed by atoms with Gasteiger partial charge >= 0.3 is 0 Å². The number of fused-ring (bicyclic) bond motifs is 5. The van der Waals surface area contributed by atoms with Crippen molar-refractivity contribution in [3.05, 3.63) is 51.5 Å². The van der Waals surface area contributed by atoms with Gasteiger partial charge in [-0.1, -0.05) is 37.0 Å². The molecule has 128 valence electrons. The van der Waals surface area contributed by atoms with Crippen LogP contribution in [0.5, 0.6) is 17.2 Å². The Morgan fingerprint density at radius 3 is 2.32 bits per heavy atom. The number of benzene rings is 3. The lowest BCUT2D eigenvalue weighted by atomic mass is 9.82. The van der Waals surface area contributed by atoms with E-state index in [2.05, 4.69) is 13.8 Å². The molecule has 0 aliphatic heterocycles. The van der Waals surface area contributed by atoms with Crippen LogP contribution in [0, 0.1) is 0 Å². The molecule has 0 bridgehead atoms. The first-order valence-electron chi connectivity index (χ1n) is 7.82. The lowest BCUT2D eigenvalue weighted by Crippen LogP contribution is -2.15. The second-order valence-corrected chi connectivity index (χ2v) is 7.67. The smallest absolute Gasteiger partial charge is 0.160 e. The van der Waals surface area contributed by atoms with Crippen molar-refractivity contribution in [3.8, 4) is 28.4 Å². The van der Waals surface area contributed by atoms with Crippen LogP contribution in [0.1, 0.15) is 25.0 Å². The van der Waals surface area contributed by atoms with Gasteiger partial charge in [0.05, 0.1) is 12.1 Å². The molecule has 3 nitrogen and oxygen atoms in total. The Hall–Kier alpha value is -2.10. The molecule has 0 aromatic heterocycles. The quantitative estimate of drug-likeness (QED) is 0.559. The summed E-state index contributed by atoms with van der Waals surface area (Å²) in [5, 5.41) is 23.1. The molecule has 0 amide bonds. The van der Waals surface area contributed by atoms with Crippen LogP contribution in [0.15, 0.2) is 30.3 Å². The Labute approximate surface area is 155 Å². The zero-order valence-corrected chi connectivity index (χ0v) is 15.5. The van der Waals surface area contributed by atoms with Crippen LogP contribution in [-0.4, -0.2) is 17.3 Å². The van der Waals surface area contributed by atoms with Gasteiger partial charge in [0, 0.05) is 15.8 Å². The number of methoxy groups -OCH3 is 1. The second kappa shape index (κ2) is 5.20. The molecule has 0 atom stereocenters. The van der Waals surface area contributed by atoms with Gasteiger partial charge in [-0.25, -0.2) is 0 Å². The van der Waals surface area contributed by atoms with Gasteiger partial charge in [0.15, 0.2) is 11.5 Å². The Morgan fingerprint density at radius 1 is 0.920 bits per heavy atom. The van der Waals surface area contributed by atoms with Gasteiger partial charge < -0.3 is 14.9 Å². The van der Waals surface area contributed by atoms with Crippen LogP contribution in [-0.2, 0) is 5.41 Å². The summed E-state index contributed by atoms with van der Waals surface area (Å²) in [4.78, 5) is 0. The van der Waals surface area contributed by atoms with Gasteiger partial charge in [0.1, 0.15) is 5.75 Å². The highest BCUT2D eigenvalue weighted by molar-refractivity contribution is 6.39. The Kier molecular flexibility index (Phi) is 3.40. The van der Waals surface area contributed by atoms with Crippen molar-refractivity contribution >= 4 is 34.0 Å². The molecule has 0 unspecified atom stereocenters. The molecule has 3 aromatic rings. The summed E-state index contributed by atoms with van der Waals surface area (Å²) < 4.78 is 5.27. The normalized spacial score (nSPS) is 14.4. The van der Waals surface area contributed by atoms with Gasteiger partial charge in [0.2, 0.25) is 0 Å². The number of hydrogen-bond donors (Lipinski definition) is 2. The third-order valence-corrected chi connectivity index (χ3v) is 5.58. The monoisotopic (exact) mass is 374 g/mol. The molecule has 0 fully saturated rings. The zero-order chi connectivity index (χ0) is 18.1. The maximum atomic E-state index is 10.6. The Balaban J connectivity index is 2.21. The van der Waals surface area contributed by atoms with Crippen molar-refractivity contribution in [2.24, 2.45) is 0 Å². The summed E-state index contributed by atoms with van der Waals surface area (Å²) in [5.41, 5.74) is 3.42. The van der Waals surface area contributed by atoms with Gasteiger partial charge in [-0.15, -0.1) is 0 Å². The summed E-state index contributed by atoms with van der Waals surface area (Å²) in [6, 6.07) is 8.71. The standard InChI is InChI=1S/C20H16Cl2O3/c1-20(2)12-8-17(25-3)15(23)6-10(12)18-11-4-9(21)5-14(22)19(11)16(24)7-13(18)20/h4-8,23-24H,1-3H3. The molecule has 1 aliphatic carbocycles. The van der Waals surface area contributed by atoms with E-state index in [1.807, 2.05) is 6.07 Å². The average Bonchev–Trinajstić information content (AvgIpc) is 2.73. The van der Waals surface area contributed by atoms with Gasteiger partial charge in [-0.05, 0) is 58.0 Å². The highest BCUT2D eigenvalue weighted by Gasteiger charge is 2.38. The van der Waals surface area contributed by atoms with Crippen molar-refractivity contribution < 1.29 is 14.9 Å². The van der Waals surface area contributed by atoms with Crippen LogP contribution in [0.25, 0.3) is 21.9 Å². The number of ether oxygens (including phenoxy) is 1. The van der Waals surface area contributed by atoms with E-state index in [1.54, 1.807) is 24.3 Å². The van der Waals surface area contributed by atoms with Gasteiger partial charge in [0.25, 0.3) is 0 Å². The topological polar surface area (TPSA) is 49.7 Å². The van der Waals surface area contributed by atoms with E-state index in [0.29, 0.717) is 21.2 Å². The predicted octanol–water partition coefficient (Wildman–Crippen LogP) is 5.87. The fraction of sp³-hybridized carbons (Fsp3) is 0.200. The first-order valence-corrected chi connectivity index (χ1v) is 8.58. The predicted molar refractivity (Wildman–Crippen MR) is 101 cm³/mol. The zero-order valence-electron chi connectivity index (χ0n) is 13.9. The lowest BCUT2D eigenvalue weighted by Gasteiger charge is -2.22. The molecular formula is C20H16Cl2O3. The minimum Gasteiger partial charge on any atom is -0.507 e. The van der Waals surface area contributed by atoms with E-state index in [-0.39, 0.29) is 16.9 Å². The summed E-state index contributed by atoms with van der Waals surface area (Å²) in [7, 11) is 1.53. The van der Waals surface area contributed by atoms with Crippen LogP contribution < -0.4 is 4.74 Å². The second-order valence-electron chi connectivity index (χ2n) is 6.82. The molecule has 3 aromatic carbocycles.